The van der Waals surface area contributed by atoms with E-state index in [0.29, 0.717) is 12.1 Å². The zero-order valence-corrected chi connectivity index (χ0v) is 17.0. The van der Waals surface area contributed by atoms with Gasteiger partial charge in [0.2, 0.25) is 0 Å². The fourth-order valence-corrected chi connectivity index (χ4v) is 3.84. The number of likely N-dealkylation sites (tertiary alicyclic amines) is 1. The summed E-state index contributed by atoms with van der Waals surface area (Å²) in [4.78, 5) is 14.7. The van der Waals surface area contributed by atoms with Crippen molar-refractivity contribution in [3.63, 3.8) is 0 Å². The number of carbonyl (C=O) groups excluding carboxylic acids is 1. The van der Waals surface area contributed by atoms with Gasteiger partial charge >= 0.3 is 0 Å². The van der Waals surface area contributed by atoms with Crippen LogP contribution < -0.4 is 5.32 Å². The minimum Gasteiger partial charge on any atom is -0.390 e. The first kappa shape index (κ1) is 20.6. The van der Waals surface area contributed by atoms with Gasteiger partial charge in [-0.2, -0.15) is 5.10 Å². The maximum absolute atomic E-state index is 12.4. The number of hydrogen-bond donors (Lipinski definition) is 2. The van der Waals surface area contributed by atoms with Gasteiger partial charge in [-0.25, -0.2) is 0 Å². The molecule has 6 nitrogen and oxygen atoms in total. The van der Waals surface area contributed by atoms with E-state index in [1.165, 1.54) is 25.7 Å². The Morgan fingerprint density at radius 1 is 1.18 bits per heavy atom. The van der Waals surface area contributed by atoms with E-state index in [1.807, 2.05) is 35.1 Å². The topological polar surface area (TPSA) is 70.4 Å². The molecule has 152 valence electrons. The van der Waals surface area contributed by atoms with Crippen LogP contribution in [0.25, 0.3) is 11.1 Å². The quantitative estimate of drug-likeness (QED) is 0.770. The Hall–Kier alpha value is -2.18. The number of aromatic nitrogens is 2. The highest BCUT2D eigenvalue weighted by molar-refractivity contribution is 5.94. The predicted octanol–water partition coefficient (Wildman–Crippen LogP) is 2.85. The summed E-state index contributed by atoms with van der Waals surface area (Å²) in [5.41, 5.74) is 3.86. The fourth-order valence-electron chi connectivity index (χ4n) is 3.84. The van der Waals surface area contributed by atoms with Crippen molar-refractivity contribution in [2.75, 3.05) is 26.2 Å². The molecule has 1 amide bonds. The minimum atomic E-state index is -0.538. The lowest BCUT2D eigenvalue weighted by atomic mass is 10.0. The average molecular weight is 385 g/mol. The van der Waals surface area contributed by atoms with E-state index >= 15 is 0 Å². The van der Waals surface area contributed by atoms with Crippen LogP contribution >= 0.6 is 0 Å². The van der Waals surface area contributed by atoms with Crippen molar-refractivity contribution < 1.29 is 9.90 Å². The molecule has 1 atom stereocenters. The number of benzene rings is 1. The zero-order chi connectivity index (χ0) is 19.9. The van der Waals surface area contributed by atoms with E-state index in [1.54, 1.807) is 0 Å². The van der Waals surface area contributed by atoms with Gasteiger partial charge in [0.1, 0.15) is 0 Å². The van der Waals surface area contributed by atoms with E-state index in [9.17, 15) is 9.90 Å². The molecule has 0 unspecified atom stereocenters. The number of aryl methyl sites for hydroxylation is 1. The summed E-state index contributed by atoms with van der Waals surface area (Å²) in [6, 6.07) is 7.56. The van der Waals surface area contributed by atoms with Gasteiger partial charge in [0.25, 0.3) is 5.91 Å². The van der Waals surface area contributed by atoms with E-state index in [0.717, 1.165) is 36.5 Å². The molecule has 0 radical (unpaired) electrons. The molecular formula is C22H32N4O2. The summed E-state index contributed by atoms with van der Waals surface area (Å²) in [6.45, 7) is 7.95. The number of nitrogens with one attached hydrogen (secondary N) is 1. The lowest BCUT2D eigenvalue weighted by molar-refractivity contribution is 0.0862. The molecule has 1 aromatic carbocycles. The number of carbonyl (C=O) groups is 1. The van der Waals surface area contributed by atoms with Crippen molar-refractivity contribution in [2.24, 2.45) is 0 Å². The molecule has 1 fully saturated rings. The van der Waals surface area contributed by atoms with Crippen molar-refractivity contribution in [1.29, 1.82) is 0 Å². The molecule has 6 heteroatoms. The molecule has 28 heavy (non-hydrogen) atoms. The second-order valence-electron chi connectivity index (χ2n) is 7.62. The van der Waals surface area contributed by atoms with Gasteiger partial charge in [0.15, 0.2) is 0 Å². The third-order valence-corrected chi connectivity index (χ3v) is 5.53. The molecule has 1 aliphatic heterocycles. The summed E-state index contributed by atoms with van der Waals surface area (Å²) >= 11 is 0. The molecule has 3 rings (SSSR count). The highest BCUT2D eigenvalue weighted by atomic mass is 16.3. The summed E-state index contributed by atoms with van der Waals surface area (Å²) in [5, 5.41) is 17.5. The van der Waals surface area contributed by atoms with Crippen molar-refractivity contribution in [2.45, 2.75) is 52.2 Å². The molecule has 2 N–H and O–H groups in total. The first-order valence-corrected chi connectivity index (χ1v) is 10.4. The first-order valence-electron chi connectivity index (χ1n) is 10.4. The fraction of sp³-hybridized carbons (Fsp3) is 0.545. The van der Waals surface area contributed by atoms with Gasteiger partial charge in [0.05, 0.1) is 12.3 Å². The minimum absolute atomic E-state index is 0.151. The Morgan fingerprint density at radius 3 is 2.46 bits per heavy atom. The molecule has 0 bridgehead atoms. The highest BCUT2D eigenvalue weighted by Gasteiger charge is 2.15. The molecule has 2 heterocycles. The number of rotatable bonds is 7. The summed E-state index contributed by atoms with van der Waals surface area (Å²) < 4.78 is 1.96. The van der Waals surface area contributed by atoms with Crippen LogP contribution in [0.2, 0.25) is 0 Å². The van der Waals surface area contributed by atoms with Gasteiger partial charge in [-0.3, -0.25) is 9.48 Å². The summed E-state index contributed by atoms with van der Waals surface area (Å²) in [5.74, 6) is -0.151. The maximum atomic E-state index is 12.4. The van der Waals surface area contributed by atoms with E-state index in [2.05, 4.69) is 29.2 Å². The molecular weight excluding hydrogens is 352 g/mol. The average Bonchev–Trinajstić information content (AvgIpc) is 2.90. The molecule has 0 saturated carbocycles. The Kier molecular flexibility index (Phi) is 7.23. The van der Waals surface area contributed by atoms with Crippen LogP contribution in [-0.2, 0) is 6.54 Å². The molecule has 2 aromatic rings. The third kappa shape index (κ3) is 5.20. The van der Waals surface area contributed by atoms with E-state index < -0.39 is 6.10 Å². The molecule has 1 saturated heterocycles. The van der Waals surface area contributed by atoms with Crippen molar-refractivity contribution in [1.82, 2.24) is 20.0 Å². The van der Waals surface area contributed by atoms with Crippen LogP contribution in [0.3, 0.4) is 0 Å². The second-order valence-corrected chi connectivity index (χ2v) is 7.62. The van der Waals surface area contributed by atoms with Crippen LogP contribution in [-0.4, -0.2) is 58.0 Å². The summed E-state index contributed by atoms with van der Waals surface area (Å²) in [7, 11) is 0. The second kappa shape index (κ2) is 9.85. The van der Waals surface area contributed by atoms with Gasteiger partial charge in [-0.15, -0.1) is 0 Å². The maximum Gasteiger partial charge on any atom is 0.251 e. The van der Waals surface area contributed by atoms with Gasteiger partial charge in [-0.1, -0.05) is 25.0 Å². The van der Waals surface area contributed by atoms with Crippen molar-refractivity contribution >= 4 is 5.91 Å². The predicted molar refractivity (Wildman–Crippen MR) is 111 cm³/mol. The Balaban J connectivity index is 1.52. The van der Waals surface area contributed by atoms with Gasteiger partial charge in [-0.05, 0) is 57.5 Å². The first-order chi connectivity index (χ1) is 13.6. The Bertz CT molecular complexity index is 761. The third-order valence-electron chi connectivity index (χ3n) is 5.53. The normalized spacial score (nSPS) is 16.5. The van der Waals surface area contributed by atoms with Crippen LogP contribution in [0.1, 0.15) is 48.7 Å². The highest BCUT2D eigenvalue weighted by Crippen LogP contribution is 2.23. The van der Waals surface area contributed by atoms with E-state index in [-0.39, 0.29) is 12.5 Å². The number of amides is 1. The lowest BCUT2D eigenvalue weighted by Crippen LogP contribution is -2.40. The molecule has 0 aliphatic carbocycles. The summed E-state index contributed by atoms with van der Waals surface area (Å²) in [6.07, 6.45) is 6.27. The van der Waals surface area contributed by atoms with Crippen molar-refractivity contribution in [3.8, 4) is 11.1 Å². The Labute approximate surface area is 167 Å². The molecule has 0 spiro atoms. The zero-order valence-electron chi connectivity index (χ0n) is 17.0. The number of β-amino-alcohol motifs (C(OH)–C–C–N with tert-alkyl or cyclic N) is 1. The number of aliphatic hydroxyl groups excluding tert-OH is 1. The molecule has 1 aromatic heterocycles. The monoisotopic (exact) mass is 384 g/mol. The van der Waals surface area contributed by atoms with Crippen molar-refractivity contribution in [3.05, 3.63) is 41.7 Å². The van der Waals surface area contributed by atoms with E-state index in [4.69, 9.17) is 0 Å². The van der Waals surface area contributed by atoms with Crippen LogP contribution in [0.5, 0.6) is 0 Å². The Morgan fingerprint density at radius 2 is 1.86 bits per heavy atom. The molecule has 1 aliphatic rings. The largest absolute Gasteiger partial charge is 0.390 e. The van der Waals surface area contributed by atoms with Gasteiger partial charge in [0, 0.05) is 36.5 Å². The number of aliphatic hydroxyl groups is 1. The smallest absolute Gasteiger partial charge is 0.251 e. The van der Waals surface area contributed by atoms with Crippen LogP contribution in [0.4, 0.5) is 0 Å². The van der Waals surface area contributed by atoms with Crippen LogP contribution in [0.15, 0.2) is 30.5 Å². The standard InChI is InChI=1S/C22H32N4O2/c1-3-26-17(2)21(15-24-26)18-8-10-19(11-9-18)22(28)23-14-20(27)16-25-12-6-4-5-7-13-25/h8-11,15,20,27H,3-7,12-14,16H2,1-2H3,(H,23,28)/t20-/m0/s1. The number of hydrogen-bond acceptors (Lipinski definition) is 4. The van der Waals surface area contributed by atoms with Gasteiger partial charge < -0.3 is 15.3 Å². The SMILES string of the molecule is CCn1ncc(-c2ccc(C(=O)NC[C@H](O)CN3CCCCCC3)cc2)c1C. The lowest BCUT2D eigenvalue weighted by Gasteiger charge is -2.23. The van der Waals surface area contributed by atoms with Crippen LogP contribution in [0, 0.1) is 6.92 Å². The number of nitrogens with zero attached hydrogens (tertiary/aromatic N) is 3.